The smallest absolute Gasteiger partial charge is 0.0541 e. The van der Waals surface area contributed by atoms with Crippen LogP contribution in [0.5, 0.6) is 0 Å². The molecule has 94 valence electrons. The lowest BCUT2D eigenvalue weighted by Crippen LogP contribution is -2.37. The molecule has 1 aromatic rings. The van der Waals surface area contributed by atoms with Crippen molar-refractivity contribution >= 4 is 0 Å². The van der Waals surface area contributed by atoms with E-state index in [1.54, 1.807) is 0 Å². The first-order valence-corrected chi connectivity index (χ1v) is 6.63. The molecule has 1 N–H and O–H groups in total. The van der Waals surface area contributed by atoms with Crippen molar-refractivity contribution in [3.63, 3.8) is 0 Å². The standard InChI is InChI=1S/C15H23NO/c1-12(13-6-4-3-5-7-13)16(2)14-8-10-15(17)11-9-14/h3-7,12,14-15,17H,8-11H2,1-2H3. The fraction of sp³-hybridized carbons (Fsp3) is 0.600. The molecule has 2 heteroatoms. The monoisotopic (exact) mass is 233 g/mol. The van der Waals surface area contributed by atoms with E-state index in [-0.39, 0.29) is 6.10 Å². The second-order valence-electron chi connectivity index (χ2n) is 5.21. The zero-order chi connectivity index (χ0) is 12.3. The summed E-state index contributed by atoms with van der Waals surface area (Å²) in [7, 11) is 2.21. The molecule has 1 aromatic carbocycles. The van der Waals surface area contributed by atoms with Gasteiger partial charge in [0, 0.05) is 12.1 Å². The largest absolute Gasteiger partial charge is 0.393 e. The van der Waals surface area contributed by atoms with Crippen molar-refractivity contribution in [3.8, 4) is 0 Å². The Balaban J connectivity index is 1.98. The van der Waals surface area contributed by atoms with Crippen LogP contribution in [0.15, 0.2) is 30.3 Å². The first-order chi connectivity index (χ1) is 8.18. The third-order valence-electron chi connectivity index (χ3n) is 4.14. The van der Waals surface area contributed by atoms with Crippen LogP contribution in [0, 0.1) is 0 Å². The Morgan fingerprint density at radius 2 is 1.71 bits per heavy atom. The van der Waals surface area contributed by atoms with Crippen molar-refractivity contribution in [2.45, 2.75) is 50.8 Å². The predicted octanol–water partition coefficient (Wildman–Crippen LogP) is 2.98. The molecule has 0 spiro atoms. The van der Waals surface area contributed by atoms with Gasteiger partial charge in [0.05, 0.1) is 6.10 Å². The molecule has 0 saturated heterocycles. The van der Waals surface area contributed by atoms with Crippen molar-refractivity contribution in [2.75, 3.05) is 7.05 Å². The number of aliphatic hydroxyl groups excluding tert-OH is 1. The van der Waals surface area contributed by atoms with Crippen molar-refractivity contribution in [2.24, 2.45) is 0 Å². The van der Waals surface area contributed by atoms with Gasteiger partial charge in [-0.1, -0.05) is 30.3 Å². The number of hydrogen-bond donors (Lipinski definition) is 1. The van der Waals surface area contributed by atoms with E-state index in [2.05, 4.69) is 49.2 Å². The molecule has 0 heterocycles. The Bertz CT molecular complexity index is 330. The molecule has 0 radical (unpaired) electrons. The number of rotatable bonds is 3. The van der Waals surface area contributed by atoms with Crippen molar-refractivity contribution < 1.29 is 5.11 Å². The Kier molecular flexibility index (Phi) is 4.19. The second kappa shape index (κ2) is 5.65. The Morgan fingerprint density at radius 1 is 1.12 bits per heavy atom. The molecule has 1 aliphatic carbocycles. The number of aliphatic hydroxyl groups is 1. The Morgan fingerprint density at radius 3 is 2.29 bits per heavy atom. The van der Waals surface area contributed by atoms with E-state index in [0.29, 0.717) is 12.1 Å². The minimum Gasteiger partial charge on any atom is -0.393 e. The number of hydrogen-bond acceptors (Lipinski definition) is 2. The van der Waals surface area contributed by atoms with Crippen LogP contribution in [0.4, 0.5) is 0 Å². The van der Waals surface area contributed by atoms with Gasteiger partial charge in [-0.3, -0.25) is 4.90 Å². The van der Waals surface area contributed by atoms with Gasteiger partial charge in [0.15, 0.2) is 0 Å². The van der Waals surface area contributed by atoms with Crippen LogP contribution < -0.4 is 0 Å². The van der Waals surface area contributed by atoms with Crippen LogP contribution in [0.25, 0.3) is 0 Å². The third kappa shape index (κ3) is 3.08. The highest BCUT2D eigenvalue weighted by Crippen LogP contribution is 2.28. The Hall–Kier alpha value is -0.860. The molecular weight excluding hydrogens is 210 g/mol. The first-order valence-electron chi connectivity index (χ1n) is 6.63. The number of nitrogens with zero attached hydrogens (tertiary/aromatic N) is 1. The van der Waals surface area contributed by atoms with Crippen LogP contribution in [0.2, 0.25) is 0 Å². The maximum absolute atomic E-state index is 9.55. The normalized spacial score (nSPS) is 27.1. The summed E-state index contributed by atoms with van der Waals surface area (Å²) < 4.78 is 0. The SMILES string of the molecule is CC(c1ccccc1)N(C)C1CCC(O)CC1. The van der Waals surface area contributed by atoms with E-state index in [0.717, 1.165) is 25.7 Å². The zero-order valence-corrected chi connectivity index (χ0v) is 10.8. The van der Waals surface area contributed by atoms with Gasteiger partial charge in [0.2, 0.25) is 0 Å². The molecule has 17 heavy (non-hydrogen) atoms. The van der Waals surface area contributed by atoms with Crippen LogP contribution in [0.3, 0.4) is 0 Å². The van der Waals surface area contributed by atoms with E-state index in [1.807, 2.05) is 0 Å². The van der Waals surface area contributed by atoms with Gasteiger partial charge in [-0.2, -0.15) is 0 Å². The van der Waals surface area contributed by atoms with Crippen LogP contribution in [-0.2, 0) is 0 Å². The predicted molar refractivity (Wildman–Crippen MR) is 70.9 cm³/mol. The lowest BCUT2D eigenvalue weighted by Gasteiger charge is -2.37. The van der Waals surface area contributed by atoms with E-state index in [9.17, 15) is 5.11 Å². The fourth-order valence-corrected chi connectivity index (χ4v) is 2.75. The maximum Gasteiger partial charge on any atom is 0.0541 e. The summed E-state index contributed by atoms with van der Waals surface area (Å²) in [4.78, 5) is 2.46. The van der Waals surface area contributed by atoms with Crippen LogP contribution in [0.1, 0.15) is 44.2 Å². The van der Waals surface area contributed by atoms with E-state index >= 15 is 0 Å². The molecule has 1 saturated carbocycles. The summed E-state index contributed by atoms with van der Waals surface area (Å²) >= 11 is 0. The summed E-state index contributed by atoms with van der Waals surface area (Å²) in [6.07, 6.45) is 4.09. The molecule has 1 fully saturated rings. The summed E-state index contributed by atoms with van der Waals surface area (Å²) in [5.74, 6) is 0. The highest BCUT2D eigenvalue weighted by atomic mass is 16.3. The summed E-state index contributed by atoms with van der Waals surface area (Å²) in [6, 6.07) is 11.7. The first kappa shape index (κ1) is 12.6. The minimum atomic E-state index is -0.0633. The average molecular weight is 233 g/mol. The Labute approximate surface area is 104 Å². The molecule has 1 atom stereocenters. The van der Waals surface area contributed by atoms with Crippen LogP contribution in [-0.4, -0.2) is 29.2 Å². The fourth-order valence-electron chi connectivity index (χ4n) is 2.75. The molecule has 0 aliphatic heterocycles. The number of benzene rings is 1. The van der Waals surface area contributed by atoms with Gasteiger partial charge in [-0.15, -0.1) is 0 Å². The lowest BCUT2D eigenvalue weighted by molar-refractivity contribution is 0.0699. The van der Waals surface area contributed by atoms with Gasteiger partial charge in [0.25, 0.3) is 0 Å². The van der Waals surface area contributed by atoms with E-state index < -0.39 is 0 Å². The summed E-state index contributed by atoms with van der Waals surface area (Å²) in [6.45, 7) is 2.26. The average Bonchev–Trinajstić information content (AvgIpc) is 2.39. The molecular formula is C15H23NO. The molecule has 0 amide bonds. The van der Waals surface area contributed by atoms with E-state index in [4.69, 9.17) is 0 Å². The topological polar surface area (TPSA) is 23.5 Å². The van der Waals surface area contributed by atoms with Gasteiger partial charge in [0.1, 0.15) is 0 Å². The molecule has 1 unspecified atom stereocenters. The van der Waals surface area contributed by atoms with Gasteiger partial charge < -0.3 is 5.11 Å². The summed E-state index contributed by atoms with van der Waals surface area (Å²) in [5, 5.41) is 9.55. The molecule has 2 rings (SSSR count). The van der Waals surface area contributed by atoms with Gasteiger partial charge in [-0.05, 0) is 45.2 Å². The quantitative estimate of drug-likeness (QED) is 0.867. The minimum absolute atomic E-state index is 0.0633. The second-order valence-corrected chi connectivity index (χ2v) is 5.21. The van der Waals surface area contributed by atoms with Crippen molar-refractivity contribution in [3.05, 3.63) is 35.9 Å². The van der Waals surface area contributed by atoms with Gasteiger partial charge >= 0.3 is 0 Å². The van der Waals surface area contributed by atoms with Crippen LogP contribution >= 0.6 is 0 Å². The lowest BCUT2D eigenvalue weighted by atomic mass is 9.91. The maximum atomic E-state index is 9.55. The van der Waals surface area contributed by atoms with Crippen molar-refractivity contribution in [1.82, 2.24) is 4.90 Å². The van der Waals surface area contributed by atoms with Gasteiger partial charge in [-0.25, -0.2) is 0 Å². The van der Waals surface area contributed by atoms with E-state index in [1.165, 1.54) is 5.56 Å². The zero-order valence-electron chi connectivity index (χ0n) is 10.8. The third-order valence-corrected chi connectivity index (χ3v) is 4.14. The van der Waals surface area contributed by atoms with Crippen molar-refractivity contribution in [1.29, 1.82) is 0 Å². The summed E-state index contributed by atoms with van der Waals surface area (Å²) in [5.41, 5.74) is 1.38. The molecule has 0 aromatic heterocycles. The molecule has 0 bridgehead atoms. The highest BCUT2D eigenvalue weighted by molar-refractivity contribution is 5.18. The highest BCUT2D eigenvalue weighted by Gasteiger charge is 2.25. The molecule has 1 aliphatic rings. The molecule has 2 nitrogen and oxygen atoms in total.